The minimum Gasteiger partial charge on any atom is -0.330 e. The van der Waals surface area contributed by atoms with E-state index in [0.29, 0.717) is 12.5 Å². The van der Waals surface area contributed by atoms with Gasteiger partial charge in [-0.1, -0.05) is 6.92 Å². The van der Waals surface area contributed by atoms with Crippen LogP contribution in [0.2, 0.25) is 0 Å². The van der Waals surface area contributed by atoms with Gasteiger partial charge in [-0.2, -0.15) is 0 Å². The fourth-order valence-electron chi connectivity index (χ4n) is 1.46. The maximum absolute atomic E-state index is 5.60. The SMILES string of the molecule is CC(CN)Cc1csc(-c2cccnc2)n1. The van der Waals surface area contributed by atoms with Gasteiger partial charge in [-0.15, -0.1) is 11.3 Å². The van der Waals surface area contributed by atoms with E-state index in [2.05, 4.69) is 22.3 Å². The van der Waals surface area contributed by atoms with Crippen molar-refractivity contribution in [2.24, 2.45) is 11.7 Å². The molecule has 0 aliphatic rings. The van der Waals surface area contributed by atoms with Crippen LogP contribution in [-0.4, -0.2) is 16.5 Å². The van der Waals surface area contributed by atoms with Crippen LogP contribution in [0.25, 0.3) is 10.6 Å². The van der Waals surface area contributed by atoms with Gasteiger partial charge in [-0.25, -0.2) is 4.98 Å². The van der Waals surface area contributed by atoms with Crippen LogP contribution in [0.4, 0.5) is 0 Å². The molecule has 2 heterocycles. The van der Waals surface area contributed by atoms with Gasteiger partial charge in [0.15, 0.2) is 0 Å². The van der Waals surface area contributed by atoms with Crippen LogP contribution in [0.3, 0.4) is 0 Å². The van der Waals surface area contributed by atoms with Gasteiger partial charge in [-0.05, 0) is 31.0 Å². The summed E-state index contributed by atoms with van der Waals surface area (Å²) < 4.78 is 0. The van der Waals surface area contributed by atoms with E-state index in [-0.39, 0.29) is 0 Å². The molecule has 1 atom stereocenters. The monoisotopic (exact) mass is 233 g/mol. The highest BCUT2D eigenvalue weighted by molar-refractivity contribution is 7.13. The van der Waals surface area contributed by atoms with E-state index in [1.165, 1.54) is 0 Å². The molecule has 0 aromatic carbocycles. The summed E-state index contributed by atoms with van der Waals surface area (Å²) in [6.07, 6.45) is 4.57. The van der Waals surface area contributed by atoms with Crippen molar-refractivity contribution in [3.8, 4) is 10.6 Å². The molecule has 2 aromatic heterocycles. The third-order valence-corrected chi connectivity index (χ3v) is 3.36. The molecule has 0 radical (unpaired) electrons. The van der Waals surface area contributed by atoms with E-state index in [0.717, 1.165) is 22.7 Å². The number of nitrogens with zero attached hydrogens (tertiary/aromatic N) is 2. The van der Waals surface area contributed by atoms with Crippen molar-refractivity contribution < 1.29 is 0 Å². The third kappa shape index (κ3) is 2.65. The number of aromatic nitrogens is 2. The predicted molar refractivity (Wildman–Crippen MR) is 67.3 cm³/mol. The highest BCUT2D eigenvalue weighted by atomic mass is 32.1. The lowest BCUT2D eigenvalue weighted by molar-refractivity contribution is 0.586. The van der Waals surface area contributed by atoms with Crippen molar-refractivity contribution in [3.05, 3.63) is 35.6 Å². The normalized spacial score (nSPS) is 12.6. The molecule has 0 bridgehead atoms. The zero-order chi connectivity index (χ0) is 11.4. The smallest absolute Gasteiger partial charge is 0.125 e. The summed E-state index contributed by atoms with van der Waals surface area (Å²) in [5, 5.41) is 3.14. The third-order valence-electron chi connectivity index (χ3n) is 2.42. The first-order valence-corrected chi connectivity index (χ1v) is 6.22. The van der Waals surface area contributed by atoms with Gasteiger partial charge in [0.2, 0.25) is 0 Å². The maximum atomic E-state index is 5.60. The molecule has 3 nitrogen and oxygen atoms in total. The van der Waals surface area contributed by atoms with Crippen molar-refractivity contribution >= 4 is 11.3 Å². The van der Waals surface area contributed by atoms with E-state index in [1.54, 1.807) is 17.5 Å². The van der Waals surface area contributed by atoms with Crippen molar-refractivity contribution in [1.29, 1.82) is 0 Å². The number of pyridine rings is 1. The molecule has 16 heavy (non-hydrogen) atoms. The lowest BCUT2D eigenvalue weighted by Crippen LogP contribution is -2.13. The summed E-state index contributed by atoms with van der Waals surface area (Å²) >= 11 is 1.66. The van der Waals surface area contributed by atoms with Gasteiger partial charge in [-0.3, -0.25) is 4.98 Å². The summed E-state index contributed by atoms with van der Waals surface area (Å²) in [5.41, 5.74) is 7.81. The molecular weight excluding hydrogens is 218 g/mol. The van der Waals surface area contributed by atoms with Gasteiger partial charge in [0.05, 0.1) is 5.69 Å². The Hall–Kier alpha value is -1.26. The highest BCUT2D eigenvalue weighted by Gasteiger charge is 2.07. The Balaban J connectivity index is 2.14. The Morgan fingerprint density at radius 2 is 2.38 bits per heavy atom. The Bertz CT molecular complexity index is 439. The number of hydrogen-bond donors (Lipinski definition) is 1. The summed E-state index contributed by atoms with van der Waals surface area (Å²) in [7, 11) is 0. The molecule has 1 unspecified atom stereocenters. The predicted octanol–water partition coefficient (Wildman–Crippen LogP) is 2.34. The molecule has 0 fully saturated rings. The molecule has 0 aliphatic heterocycles. The topological polar surface area (TPSA) is 51.8 Å². The Labute approximate surface area is 99.4 Å². The summed E-state index contributed by atoms with van der Waals surface area (Å²) in [6.45, 7) is 2.85. The molecule has 0 saturated heterocycles. The second kappa shape index (κ2) is 5.18. The lowest BCUT2D eigenvalue weighted by atomic mass is 10.1. The summed E-state index contributed by atoms with van der Waals surface area (Å²) in [5.74, 6) is 0.490. The van der Waals surface area contributed by atoms with Crippen molar-refractivity contribution in [1.82, 2.24) is 9.97 Å². The number of thiazole rings is 1. The number of nitrogens with two attached hydrogens (primary N) is 1. The minimum atomic E-state index is 0.490. The van der Waals surface area contributed by atoms with Crippen LogP contribution >= 0.6 is 11.3 Å². The van der Waals surface area contributed by atoms with E-state index < -0.39 is 0 Å². The van der Waals surface area contributed by atoms with Crippen molar-refractivity contribution in [3.63, 3.8) is 0 Å². The quantitative estimate of drug-likeness (QED) is 0.882. The molecule has 0 amide bonds. The van der Waals surface area contributed by atoms with E-state index in [4.69, 9.17) is 5.73 Å². The Morgan fingerprint density at radius 3 is 3.06 bits per heavy atom. The number of rotatable bonds is 4. The zero-order valence-corrected chi connectivity index (χ0v) is 10.1. The fourth-order valence-corrected chi connectivity index (χ4v) is 2.29. The number of hydrogen-bond acceptors (Lipinski definition) is 4. The van der Waals surface area contributed by atoms with E-state index in [1.807, 2.05) is 18.3 Å². The van der Waals surface area contributed by atoms with E-state index >= 15 is 0 Å². The lowest BCUT2D eigenvalue weighted by Gasteiger charge is -2.04. The van der Waals surface area contributed by atoms with Crippen LogP contribution < -0.4 is 5.73 Å². The molecule has 0 spiro atoms. The van der Waals surface area contributed by atoms with Gasteiger partial charge in [0.25, 0.3) is 0 Å². The Kier molecular flexibility index (Phi) is 3.64. The van der Waals surface area contributed by atoms with Crippen LogP contribution in [0.15, 0.2) is 29.9 Å². The molecule has 2 aromatic rings. The van der Waals surface area contributed by atoms with Crippen molar-refractivity contribution in [2.45, 2.75) is 13.3 Å². The van der Waals surface area contributed by atoms with Crippen LogP contribution in [0, 0.1) is 5.92 Å². The molecule has 84 valence electrons. The van der Waals surface area contributed by atoms with Gasteiger partial charge in [0.1, 0.15) is 5.01 Å². The molecule has 2 N–H and O–H groups in total. The van der Waals surface area contributed by atoms with Gasteiger partial charge < -0.3 is 5.73 Å². The second-order valence-electron chi connectivity index (χ2n) is 3.93. The first-order chi connectivity index (χ1) is 7.79. The summed E-state index contributed by atoms with van der Waals surface area (Å²) in [6, 6.07) is 3.96. The fraction of sp³-hybridized carbons (Fsp3) is 0.333. The first-order valence-electron chi connectivity index (χ1n) is 5.34. The molecule has 0 aliphatic carbocycles. The van der Waals surface area contributed by atoms with Gasteiger partial charge in [0, 0.05) is 23.3 Å². The van der Waals surface area contributed by atoms with Crippen LogP contribution in [0.1, 0.15) is 12.6 Å². The molecular formula is C12H15N3S. The second-order valence-corrected chi connectivity index (χ2v) is 4.79. The first kappa shape index (κ1) is 11.2. The molecule has 2 rings (SSSR count). The maximum Gasteiger partial charge on any atom is 0.125 e. The minimum absolute atomic E-state index is 0.490. The average Bonchev–Trinajstić information content (AvgIpc) is 2.78. The van der Waals surface area contributed by atoms with Crippen molar-refractivity contribution in [2.75, 3.05) is 6.54 Å². The molecule has 0 saturated carbocycles. The van der Waals surface area contributed by atoms with Gasteiger partial charge >= 0.3 is 0 Å². The van der Waals surface area contributed by atoms with E-state index in [9.17, 15) is 0 Å². The largest absolute Gasteiger partial charge is 0.330 e. The zero-order valence-electron chi connectivity index (χ0n) is 9.26. The molecule has 4 heteroatoms. The Morgan fingerprint density at radius 1 is 1.50 bits per heavy atom. The standard InChI is InChI=1S/C12H15N3S/c1-9(6-13)5-11-8-16-12(15-11)10-3-2-4-14-7-10/h2-4,7-9H,5-6,13H2,1H3. The van der Waals surface area contributed by atoms with Crippen LogP contribution in [0.5, 0.6) is 0 Å². The van der Waals surface area contributed by atoms with Crippen LogP contribution in [-0.2, 0) is 6.42 Å². The average molecular weight is 233 g/mol. The highest BCUT2D eigenvalue weighted by Crippen LogP contribution is 2.23. The summed E-state index contributed by atoms with van der Waals surface area (Å²) in [4.78, 5) is 8.69.